The summed E-state index contributed by atoms with van der Waals surface area (Å²) >= 11 is 7.43. The molecule has 2 amide bonds. The average molecular weight is 353 g/mol. The second kappa shape index (κ2) is 8.67. The van der Waals surface area contributed by atoms with Crippen LogP contribution in [0.2, 0.25) is 5.02 Å². The molecule has 23 heavy (non-hydrogen) atoms. The molecule has 0 spiro atoms. The number of ether oxygens (including phenoxy) is 1. The van der Waals surface area contributed by atoms with Crippen molar-refractivity contribution in [3.05, 3.63) is 51.2 Å². The molecular formula is C16H17ClN2O3S. The Morgan fingerprint density at radius 3 is 2.78 bits per heavy atom. The van der Waals surface area contributed by atoms with Gasteiger partial charge in [0, 0.05) is 25.8 Å². The Labute approximate surface area is 143 Å². The number of carbonyl (C=O) groups is 2. The smallest absolute Gasteiger partial charge is 0.265 e. The van der Waals surface area contributed by atoms with Crippen LogP contribution < -0.4 is 10.6 Å². The van der Waals surface area contributed by atoms with Gasteiger partial charge in [0.05, 0.1) is 15.6 Å². The molecule has 0 radical (unpaired) electrons. The van der Waals surface area contributed by atoms with Crippen LogP contribution in [0.25, 0.3) is 0 Å². The Kier molecular flexibility index (Phi) is 6.58. The lowest BCUT2D eigenvalue weighted by molar-refractivity contribution is 0.0947. The lowest BCUT2D eigenvalue weighted by Gasteiger charge is -2.09. The van der Waals surface area contributed by atoms with Crippen LogP contribution >= 0.6 is 22.9 Å². The van der Waals surface area contributed by atoms with Crippen molar-refractivity contribution in [3.63, 3.8) is 0 Å². The monoisotopic (exact) mass is 352 g/mol. The van der Waals surface area contributed by atoms with Gasteiger partial charge in [-0.3, -0.25) is 9.59 Å². The Hall–Kier alpha value is -1.89. The highest BCUT2D eigenvalue weighted by Gasteiger charge is 2.12. The van der Waals surface area contributed by atoms with E-state index < -0.39 is 0 Å². The zero-order chi connectivity index (χ0) is 16.7. The van der Waals surface area contributed by atoms with Gasteiger partial charge in [0.25, 0.3) is 11.8 Å². The molecule has 0 aliphatic carbocycles. The first kappa shape index (κ1) is 17.5. The number of benzene rings is 1. The van der Waals surface area contributed by atoms with E-state index in [4.69, 9.17) is 16.3 Å². The summed E-state index contributed by atoms with van der Waals surface area (Å²) in [4.78, 5) is 24.7. The van der Waals surface area contributed by atoms with Crippen molar-refractivity contribution in [2.75, 3.05) is 25.6 Å². The van der Waals surface area contributed by atoms with E-state index in [-0.39, 0.29) is 11.8 Å². The molecule has 122 valence electrons. The van der Waals surface area contributed by atoms with E-state index in [2.05, 4.69) is 10.6 Å². The molecule has 0 saturated carbocycles. The minimum atomic E-state index is -0.250. The lowest BCUT2D eigenvalue weighted by atomic mass is 10.2. The van der Waals surface area contributed by atoms with Crippen LogP contribution in [0.1, 0.15) is 26.5 Å². The van der Waals surface area contributed by atoms with Crippen molar-refractivity contribution in [2.45, 2.75) is 6.42 Å². The topological polar surface area (TPSA) is 67.4 Å². The lowest BCUT2D eigenvalue weighted by Crippen LogP contribution is -2.25. The maximum atomic E-state index is 12.1. The van der Waals surface area contributed by atoms with Crippen molar-refractivity contribution >= 4 is 40.4 Å². The second-order valence-electron chi connectivity index (χ2n) is 4.73. The minimum Gasteiger partial charge on any atom is -0.385 e. The van der Waals surface area contributed by atoms with E-state index in [1.54, 1.807) is 37.4 Å². The highest BCUT2D eigenvalue weighted by Crippen LogP contribution is 2.24. The highest BCUT2D eigenvalue weighted by atomic mass is 35.5. The molecule has 0 saturated heterocycles. The van der Waals surface area contributed by atoms with E-state index in [0.29, 0.717) is 34.3 Å². The number of hydrogen-bond donors (Lipinski definition) is 2. The summed E-state index contributed by atoms with van der Waals surface area (Å²) in [6.07, 6.45) is 0.734. The first-order chi connectivity index (χ1) is 11.1. The van der Waals surface area contributed by atoms with Crippen LogP contribution in [0, 0.1) is 0 Å². The molecule has 0 aliphatic rings. The van der Waals surface area contributed by atoms with E-state index >= 15 is 0 Å². The van der Waals surface area contributed by atoms with Gasteiger partial charge in [-0.2, -0.15) is 0 Å². The van der Waals surface area contributed by atoms with Crippen LogP contribution in [0.3, 0.4) is 0 Å². The number of methoxy groups -OCH3 is 1. The minimum absolute atomic E-state index is 0.218. The highest BCUT2D eigenvalue weighted by molar-refractivity contribution is 7.12. The van der Waals surface area contributed by atoms with Gasteiger partial charge in [0.1, 0.15) is 0 Å². The molecule has 0 unspecified atom stereocenters. The number of nitrogens with one attached hydrogen (secondary N) is 2. The van der Waals surface area contributed by atoms with Crippen LogP contribution in [0.15, 0.2) is 35.7 Å². The van der Waals surface area contributed by atoms with Gasteiger partial charge < -0.3 is 15.4 Å². The third kappa shape index (κ3) is 5.06. The zero-order valence-electron chi connectivity index (χ0n) is 12.6. The van der Waals surface area contributed by atoms with Gasteiger partial charge in [-0.05, 0) is 36.1 Å². The first-order valence-electron chi connectivity index (χ1n) is 7.03. The van der Waals surface area contributed by atoms with Crippen molar-refractivity contribution in [1.29, 1.82) is 0 Å². The van der Waals surface area contributed by atoms with Gasteiger partial charge in [0.15, 0.2) is 0 Å². The third-order valence-electron chi connectivity index (χ3n) is 3.03. The van der Waals surface area contributed by atoms with Crippen LogP contribution in [-0.2, 0) is 4.74 Å². The molecule has 0 atom stereocenters. The van der Waals surface area contributed by atoms with E-state index in [9.17, 15) is 9.59 Å². The fourth-order valence-corrected chi connectivity index (χ4v) is 2.66. The van der Waals surface area contributed by atoms with Crippen LogP contribution in [0.4, 0.5) is 5.69 Å². The largest absolute Gasteiger partial charge is 0.385 e. The predicted octanol–water partition coefficient (Wildman–Crippen LogP) is 3.42. The number of amides is 2. The van der Waals surface area contributed by atoms with Crippen molar-refractivity contribution in [2.24, 2.45) is 0 Å². The van der Waals surface area contributed by atoms with E-state index in [1.807, 2.05) is 5.38 Å². The van der Waals surface area contributed by atoms with Crippen LogP contribution in [0.5, 0.6) is 0 Å². The van der Waals surface area contributed by atoms with Gasteiger partial charge >= 0.3 is 0 Å². The molecule has 0 aliphatic heterocycles. The summed E-state index contributed by atoms with van der Waals surface area (Å²) in [7, 11) is 1.61. The molecule has 1 aromatic carbocycles. The van der Waals surface area contributed by atoms with Gasteiger partial charge in [0.2, 0.25) is 0 Å². The zero-order valence-corrected chi connectivity index (χ0v) is 14.2. The fourth-order valence-electron chi connectivity index (χ4n) is 1.87. The van der Waals surface area contributed by atoms with Gasteiger partial charge in [-0.1, -0.05) is 17.7 Å². The van der Waals surface area contributed by atoms with Crippen LogP contribution in [-0.4, -0.2) is 32.1 Å². The number of hydrogen-bond acceptors (Lipinski definition) is 4. The summed E-state index contributed by atoms with van der Waals surface area (Å²) in [5, 5.41) is 7.71. The first-order valence-corrected chi connectivity index (χ1v) is 8.29. The molecule has 0 bridgehead atoms. The standard InChI is InChI=1S/C16H17ClN2O3S/c1-22-8-3-7-18-15(20)11-5-6-12(17)13(10-11)19-16(21)14-4-2-9-23-14/h2,4-6,9-10H,3,7-8H2,1H3,(H,18,20)(H,19,21). The number of carbonyl (C=O) groups excluding carboxylic acids is 2. The molecule has 2 rings (SSSR count). The number of thiophene rings is 1. The van der Waals surface area contributed by atoms with Gasteiger partial charge in [-0.15, -0.1) is 11.3 Å². The quantitative estimate of drug-likeness (QED) is 0.750. The molecule has 0 fully saturated rings. The third-order valence-corrected chi connectivity index (χ3v) is 4.23. The average Bonchev–Trinajstić information content (AvgIpc) is 3.08. The maximum Gasteiger partial charge on any atom is 0.265 e. The van der Waals surface area contributed by atoms with E-state index in [0.717, 1.165) is 6.42 Å². The Bertz CT molecular complexity index is 674. The number of halogens is 1. The SMILES string of the molecule is COCCCNC(=O)c1ccc(Cl)c(NC(=O)c2cccs2)c1. The van der Waals surface area contributed by atoms with Crippen molar-refractivity contribution in [1.82, 2.24) is 5.32 Å². The predicted molar refractivity (Wildman–Crippen MR) is 92.6 cm³/mol. The number of anilines is 1. The molecule has 2 N–H and O–H groups in total. The molecule has 5 nitrogen and oxygen atoms in total. The Morgan fingerprint density at radius 1 is 1.26 bits per heavy atom. The summed E-state index contributed by atoms with van der Waals surface area (Å²) in [6.45, 7) is 1.11. The molecular weight excluding hydrogens is 336 g/mol. The number of rotatable bonds is 7. The molecule has 7 heteroatoms. The van der Waals surface area contributed by atoms with E-state index in [1.165, 1.54) is 11.3 Å². The Morgan fingerprint density at radius 2 is 2.09 bits per heavy atom. The molecule has 2 aromatic rings. The summed E-state index contributed by atoms with van der Waals surface area (Å²) in [6, 6.07) is 8.30. The summed E-state index contributed by atoms with van der Waals surface area (Å²) in [5.74, 6) is -0.469. The maximum absolute atomic E-state index is 12.1. The van der Waals surface area contributed by atoms with Crippen molar-refractivity contribution < 1.29 is 14.3 Å². The summed E-state index contributed by atoms with van der Waals surface area (Å²) in [5.41, 5.74) is 0.850. The van der Waals surface area contributed by atoms with Gasteiger partial charge in [-0.25, -0.2) is 0 Å². The normalized spacial score (nSPS) is 10.3. The second-order valence-corrected chi connectivity index (χ2v) is 6.08. The fraction of sp³-hybridized carbons (Fsp3) is 0.250. The molecule has 1 aromatic heterocycles. The summed E-state index contributed by atoms with van der Waals surface area (Å²) < 4.78 is 4.93. The Balaban J connectivity index is 2.03. The van der Waals surface area contributed by atoms with Crippen molar-refractivity contribution in [3.8, 4) is 0 Å². The molecule has 1 heterocycles.